The lowest BCUT2D eigenvalue weighted by Gasteiger charge is -2.04. The van der Waals surface area contributed by atoms with E-state index in [0.29, 0.717) is 16.7 Å². The normalized spacial score (nSPS) is 10.3. The molecule has 25 heavy (non-hydrogen) atoms. The lowest BCUT2D eigenvalue weighted by Crippen LogP contribution is -1.90. The Morgan fingerprint density at radius 3 is 2.00 bits per heavy atom. The molecule has 0 radical (unpaired) electrons. The van der Waals surface area contributed by atoms with Crippen molar-refractivity contribution in [2.75, 3.05) is 0 Å². The molecule has 0 aliphatic heterocycles. The summed E-state index contributed by atoms with van der Waals surface area (Å²) in [5, 5.41) is 0. The van der Waals surface area contributed by atoms with E-state index >= 15 is 0 Å². The first-order valence-electron chi connectivity index (χ1n) is 7.78. The van der Waals surface area contributed by atoms with Gasteiger partial charge in [-0.2, -0.15) is 0 Å². The molecule has 0 fully saturated rings. The number of benzene rings is 3. The van der Waals surface area contributed by atoms with Gasteiger partial charge < -0.3 is 0 Å². The average molecular weight is 336 g/mol. The monoisotopic (exact) mass is 336 g/mol. The Labute approximate surface area is 145 Å². The van der Waals surface area contributed by atoms with Gasteiger partial charge in [0.25, 0.3) is 0 Å². The molecule has 0 aromatic heterocycles. The quantitative estimate of drug-likeness (QED) is 0.494. The van der Waals surface area contributed by atoms with Crippen LogP contribution in [-0.2, 0) is 0 Å². The largest absolute Gasteiger partial charge is 0.206 e. The van der Waals surface area contributed by atoms with Gasteiger partial charge in [-0.1, -0.05) is 36.1 Å². The van der Waals surface area contributed by atoms with Crippen molar-refractivity contribution in [2.24, 2.45) is 0 Å². The molecule has 3 heteroatoms. The van der Waals surface area contributed by atoms with Crippen molar-refractivity contribution >= 4 is 0 Å². The molecule has 0 amide bonds. The van der Waals surface area contributed by atoms with E-state index in [-0.39, 0.29) is 11.4 Å². The molecule has 0 saturated carbocycles. The maximum absolute atomic E-state index is 14.0. The molecule has 0 heterocycles. The van der Waals surface area contributed by atoms with Crippen LogP contribution in [-0.4, -0.2) is 0 Å². The third kappa shape index (κ3) is 3.75. The molecule has 3 rings (SSSR count). The van der Waals surface area contributed by atoms with Crippen molar-refractivity contribution in [3.8, 4) is 23.0 Å². The molecule has 3 aromatic carbocycles. The van der Waals surface area contributed by atoms with Gasteiger partial charge in [0.2, 0.25) is 0 Å². The van der Waals surface area contributed by atoms with Crippen molar-refractivity contribution < 1.29 is 13.2 Å². The van der Waals surface area contributed by atoms with Gasteiger partial charge in [-0.05, 0) is 60.9 Å². The summed E-state index contributed by atoms with van der Waals surface area (Å²) in [7, 11) is 0. The molecule has 0 N–H and O–H groups in total. The predicted octanol–water partition coefficient (Wildman–Crippen LogP) is 5.79. The topological polar surface area (TPSA) is 0 Å². The number of hydrogen-bond donors (Lipinski definition) is 0. The van der Waals surface area contributed by atoms with Gasteiger partial charge in [-0.15, -0.1) is 0 Å². The third-order valence-electron chi connectivity index (χ3n) is 3.88. The molecule has 0 aliphatic carbocycles. The van der Waals surface area contributed by atoms with Gasteiger partial charge in [0.15, 0.2) is 11.6 Å². The van der Waals surface area contributed by atoms with Crippen LogP contribution < -0.4 is 0 Å². The highest BCUT2D eigenvalue weighted by Gasteiger charge is 2.06. The van der Waals surface area contributed by atoms with Crippen molar-refractivity contribution in [2.45, 2.75) is 13.8 Å². The van der Waals surface area contributed by atoms with Crippen LogP contribution in [0, 0.1) is 43.1 Å². The van der Waals surface area contributed by atoms with Crippen LogP contribution in [0.25, 0.3) is 11.1 Å². The highest BCUT2D eigenvalue weighted by Crippen LogP contribution is 2.24. The molecule has 0 atom stereocenters. The lowest BCUT2D eigenvalue weighted by molar-refractivity contribution is 0.503. The summed E-state index contributed by atoms with van der Waals surface area (Å²) in [5.74, 6) is 3.69. The Morgan fingerprint density at radius 1 is 0.680 bits per heavy atom. The Balaban J connectivity index is 1.87. The first-order valence-corrected chi connectivity index (χ1v) is 7.78. The Hall–Kier alpha value is -2.99. The van der Waals surface area contributed by atoms with Crippen LogP contribution in [0.1, 0.15) is 22.3 Å². The molecule has 0 nitrogen and oxygen atoms in total. The smallest absolute Gasteiger partial charge is 0.161 e. The maximum Gasteiger partial charge on any atom is 0.161 e. The Kier molecular flexibility index (Phi) is 4.63. The number of hydrogen-bond acceptors (Lipinski definition) is 0. The van der Waals surface area contributed by atoms with Crippen LogP contribution >= 0.6 is 0 Å². The van der Waals surface area contributed by atoms with Gasteiger partial charge >= 0.3 is 0 Å². The minimum atomic E-state index is -0.908. The van der Waals surface area contributed by atoms with Crippen LogP contribution in [0.5, 0.6) is 0 Å². The summed E-state index contributed by atoms with van der Waals surface area (Å²) in [6, 6.07) is 14.8. The van der Waals surface area contributed by atoms with E-state index in [1.54, 1.807) is 30.3 Å². The molecular weight excluding hydrogens is 321 g/mol. The fourth-order valence-electron chi connectivity index (χ4n) is 2.53. The van der Waals surface area contributed by atoms with E-state index in [1.165, 1.54) is 19.1 Å². The molecule has 3 aromatic rings. The molecular formula is C22H15F3. The van der Waals surface area contributed by atoms with E-state index in [1.807, 2.05) is 13.0 Å². The van der Waals surface area contributed by atoms with E-state index in [2.05, 4.69) is 11.8 Å². The lowest BCUT2D eigenvalue weighted by atomic mass is 10.0. The summed E-state index contributed by atoms with van der Waals surface area (Å²) in [4.78, 5) is 0. The van der Waals surface area contributed by atoms with Gasteiger partial charge in [0.05, 0.1) is 0 Å². The molecule has 0 bridgehead atoms. The Morgan fingerprint density at radius 2 is 1.36 bits per heavy atom. The van der Waals surface area contributed by atoms with Gasteiger partial charge in [-0.3, -0.25) is 0 Å². The fourth-order valence-corrected chi connectivity index (χ4v) is 2.53. The zero-order chi connectivity index (χ0) is 18.0. The molecule has 124 valence electrons. The summed E-state index contributed by atoms with van der Waals surface area (Å²) < 4.78 is 40.7. The second-order valence-corrected chi connectivity index (χ2v) is 5.90. The molecule has 0 spiro atoms. The standard InChI is InChI=1S/C22H15F3/c1-14-3-10-19(20(23)11-14)18-8-6-16(7-9-18)4-5-17-12-15(2)22(25)21(24)13-17/h3,6-13H,1-2H3. The van der Waals surface area contributed by atoms with Gasteiger partial charge in [0, 0.05) is 16.7 Å². The summed E-state index contributed by atoms with van der Waals surface area (Å²) in [6.07, 6.45) is 0. The first kappa shape index (κ1) is 16.9. The van der Waals surface area contributed by atoms with Gasteiger partial charge in [0.1, 0.15) is 5.82 Å². The summed E-state index contributed by atoms with van der Waals surface area (Å²) in [6.45, 7) is 3.33. The van der Waals surface area contributed by atoms with Crippen molar-refractivity contribution in [3.63, 3.8) is 0 Å². The zero-order valence-corrected chi connectivity index (χ0v) is 13.8. The summed E-state index contributed by atoms with van der Waals surface area (Å²) >= 11 is 0. The average Bonchev–Trinajstić information content (AvgIpc) is 2.58. The Bertz CT molecular complexity index is 967. The highest BCUT2D eigenvalue weighted by atomic mass is 19.2. The highest BCUT2D eigenvalue weighted by molar-refractivity contribution is 5.65. The molecule has 0 saturated heterocycles. The second-order valence-electron chi connectivity index (χ2n) is 5.90. The van der Waals surface area contributed by atoms with Gasteiger partial charge in [-0.25, -0.2) is 13.2 Å². The fraction of sp³-hybridized carbons (Fsp3) is 0.0909. The van der Waals surface area contributed by atoms with E-state index in [0.717, 1.165) is 17.2 Å². The summed E-state index contributed by atoms with van der Waals surface area (Å²) in [5.41, 5.74) is 3.48. The molecule has 0 aliphatic rings. The zero-order valence-electron chi connectivity index (χ0n) is 13.8. The van der Waals surface area contributed by atoms with E-state index in [4.69, 9.17) is 0 Å². The SMILES string of the molecule is Cc1ccc(-c2ccc(C#Cc3cc(C)c(F)c(F)c3)cc2)c(F)c1. The van der Waals surface area contributed by atoms with Crippen LogP contribution in [0.15, 0.2) is 54.6 Å². The molecule has 0 unspecified atom stereocenters. The van der Waals surface area contributed by atoms with Crippen LogP contribution in [0.3, 0.4) is 0 Å². The van der Waals surface area contributed by atoms with Crippen molar-refractivity contribution in [3.05, 3.63) is 94.3 Å². The number of aryl methyl sites for hydroxylation is 2. The van der Waals surface area contributed by atoms with E-state index < -0.39 is 11.6 Å². The van der Waals surface area contributed by atoms with Crippen LogP contribution in [0.4, 0.5) is 13.2 Å². The number of halogens is 3. The van der Waals surface area contributed by atoms with E-state index in [9.17, 15) is 13.2 Å². The number of rotatable bonds is 1. The maximum atomic E-state index is 14.0. The third-order valence-corrected chi connectivity index (χ3v) is 3.88. The predicted molar refractivity (Wildman–Crippen MR) is 93.6 cm³/mol. The second kappa shape index (κ2) is 6.86. The van der Waals surface area contributed by atoms with Crippen molar-refractivity contribution in [1.82, 2.24) is 0 Å². The van der Waals surface area contributed by atoms with Crippen molar-refractivity contribution in [1.29, 1.82) is 0 Å². The first-order chi connectivity index (χ1) is 11.9. The minimum Gasteiger partial charge on any atom is -0.206 e. The van der Waals surface area contributed by atoms with Crippen LogP contribution in [0.2, 0.25) is 0 Å². The minimum absolute atomic E-state index is 0.217.